The fraction of sp³-hybridized carbons (Fsp3) is 0.562. The van der Waals surface area contributed by atoms with Crippen LogP contribution in [-0.2, 0) is 11.3 Å². The van der Waals surface area contributed by atoms with Crippen molar-refractivity contribution < 1.29 is 9.53 Å². The number of rotatable bonds is 7. The molecule has 1 rings (SSSR count). The summed E-state index contributed by atoms with van der Waals surface area (Å²) in [6.45, 7) is 8.93. The van der Waals surface area contributed by atoms with Gasteiger partial charge in [-0.05, 0) is 32.4 Å². The summed E-state index contributed by atoms with van der Waals surface area (Å²) >= 11 is 0. The van der Waals surface area contributed by atoms with Crippen LogP contribution >= 0.6 is 0 Å². The highest BCUT2D eigenvalue weighted by Gasteiger charge is 2.13. The van der Waals surface area contributed by atoms with E-state index in [0.29, 0.717) is 5.92 Å². The highest BCUT2D eigenvalue weighted by molar-refractivity contribution is 5.77. The molecule has 1 aromatic rings. The highest BCUT2D eigenvalue weighted by Crippen LogP contribution is 2.23. The Hall–Kier alpha value is -1.55. The molecule has 20 heavy (non-hydrogen) atoms. The Labute approximate surface area is 121 Å². The molecule has 0 fully saturated rings. The van der Waals surface area contributed by atoms with Gasteiger partial charge in [-0.3, -0.25) is 4.79 Å². The predicted molar refractivity (Wildman–Crippen MR) is 81.9 cm³/mol. The van der Waals surface area contributed by atoms with E-state index in [1.807, 2.05) is 39.1 Å². The molecule has 0 spiro atoms. The zero-order valence-electron chi connectivity index (χ0n) is 13.1. The number of para-hydroxylation sites is 1. The smallest absolute Gasteiger partial charge is 0.258 e. The third-order valence-corrected chi connectivity index (χ3v) is 3.40. The molecule has 0 bridgehead atoms. The lowest BCUT2D eigenvalue weighted by Gasteiger charge is -2.18. The largest absolute Gasteiger partial charge is 0.483 e. The zero-order chi connectivity index (χ0) is 15.1. The van der Waals surface area contributed by atoms with Gasteiger partial charge in [0.1, 0.15) is 5.75 Å². The van der Waals surface area contributed by atoms with Crippen molar-refractivity contribution in [3.63, 3.8) is 0 Å². The standard InChI is InChI=1S/C16H26N2O2/c1-11(2)13(4)18-15(19)10-20-16-12(3)7-6-8-14(16)9-17-5/h6-8,11,13,17H,9-10H2,1-5H3,(H,18,19). The fourth-order valence-electron chi connectivity index (χ4n) is 1.85. The van der Waals surface area contributed by atoms with Crippen LogP contribution in [0.5, 0.6) is 5.75 Å². The highest BCUT2D eigenvalue weighted by atomic mass is 16.5. The molecule has 0 saturated heterocycles. The summed E-state index contributed by atoms with van der Waals surface area (Å²) in [6.07, 6.45) is 0. The maximum atomic E-state index is 11.9. The first-order chi connectivity index (χ1) is 9.45. The van der Waals surface area contributed by atoms with Crippen LogP contribution in [0.3, 0.4) is 0 Å². The summed E-state index contributed by atoms with van der Waals surface area (Å²) in [6, 6.07) is 6.15. The first-order valence-corrected chi connectivity index (χ1v) is 7.11. The monoisotopic (exact) mass is 278 g/mol. The van der Waals surface area contributed by atoms with Gasteiger partial charge in [-0.2, -0.15) is 0 Å². The number of hydrogen-bond acceptors (Lipinski definition) is 3. The van der Waals surface area contributed by atoms with Crippen molar-refractivity contribution in [1.82, 2.24) is 10.6 Å². The van der Waals surface area contributed by atoms with Crippen LogP contribution in [-0.4, -0.2) is 25.6 Å². The quantitative estimate of drug-likeness (QED) is 0.804. The number of benzene rings is 1. The third kappa shape index (κ3) is 4.85. The summed E-state index contributed by atoms with van der Waals surface area (Å²) in [5, 5.41) is 6.05. The lowest BCUT2D eigenvalue weighted by molar-refractivity contribution is -0.124. The molecular weight excluding hydrogens is 252 g/mol. The Morgan fingerprint density at radius 1 is 1.30 bits per heavy atom. The van der Waals surface area contributed by atoms with E-state index in [4.69, 9.17) is 4.74 Å². The van der Waals surface area contributed by atoms with Gasteiger partial charge < -0.3 is 15.4 Å². The molecule has 0 saturated carbocycles. The van der Waals surface area contributed by atoms with Crippen molar-refractivity contribution >= 4 is 5.91 Å². The molecule has 4 nitrogen and oxygen atoms in total. The molecule has 1 unspecified atom stereocenters. The number of hydrogen-bond donors (Lipinski definition) is 2. The molecule has 2 N–H and O–H groups in total. The summed E-state index contributed by atoms with van der Waals surface area (Å²) in [5.74, 6) is 1.14. The second-order valence-electron chi connectivity index (χ2n) is 5.48. The fourth-order valence-corrected chi connectivity index (χ4v) is 1.85. The minimum absolute atomic E-state index is 0.0542. The Kier molecular flexibility index (Phi) is 6.52. The first-order valence-electron chi connectivity index (χ1n) is 7.11. The molecule has 112 valence electrons. The molecule has 0 aliphatic carbocycles. The van der Waals surface area contributed by atoms with Gasteiger partial charge in [-0.25, -0.2) is 0 Å². The van der Waals surface area contributed by atoms with E-state index in [-0.39, 0.29) is 18.6 Å². The third-order valence-electron chi connectivity index (χ3n) is 3.40. The first kappa shape index (κ1) is 16.5. The molecule has 4 heteroatoms. The SMILES string of the molecule is CNCc1cccc(C)c1OCC(=O)NC(C)C(C)C. The molecule has 0 aliphatic rings. The normalized spacial score (nSPS) is 12.3. The number of carbonyl (C=O) groups is 1. The van der Waals surface area contributed by atoms with E-state index < -0.39 is 0 Å². The summed E-state index contributed by atoms with van der Waals surface area (Å²) in [5.41, 5.74) is 2.11. The number of nitrogens with one attached hydrogen (secondary N) is 2. The van der Waals surface area contributed by atoms with E-state index in [0.717, 1.165) is 23.4 Å². The molecule has 1 atom stereocenters. The van der Waals surface area contributed by atoms with E-state index in [9.17, 15) is 4.79 Å². The number of amides is 1. The zero-order valence-corrected chi connectivity index (χ0v) is 13.1. The predicted octanol–water partition coefficient (Wildman–Crippen LogP) is 2.25. The van der Waals surface area contributed by atoms with Gasteiger partial charge in [-0.1, -0.05) is 32.0 Å². The second kappa shape index (κ2) is 7.90. The topological polar surface area (TPSA) is 50.4 Å². The maximum Gasteiger partial charge on any atom is 0.258 e. The van der Waals surface area contributed by atoms with Crippen molar-refractivity contribution in [3.05, 3.63) is 29.3 Å². The van der Waals surface area contributed by atoms with Crippen LogP contribution in [0.4, 0.5) is 0 Å². The molecular formula is C16H26N2O2. The molecule has 1 aromatic carbocycles. The van der Waals surface area contributed by atoms with Crippen LogP contribution in [0.2, 0.25) is 0 Å². The second-order valence-corrected chi connectivity index (χ2v) is 5.48. The van der Waals surface area contributed by atoms with E-state index in [2.05, 4.69) is 24.5 Å². The van der Waals surface area contributed by atoms with Crippen molar-refractivity contribution in [3.8, 4) is 5.75 Å². The van der Waals surface area contributed by atoms with Crippen LogP contribution in [0.1, 0.15) is 31.9 Å². The van der Waals surface area contributed by atoms with Crippen LogP contribution < -0.4 is 15.4 Å². The van der Waals surface area contributed by atoms with Crippen LogP contribution in [0, 0.1) is 12.8 Å². The average molecular weight is 278 g/mol. The van der Waals surface area contributed by atoms with Crippen LogP contribution in [0.25, 0.3) is 0 Å². The van der Waals surface area contributed by atoms with Gasteiger partial charge in [0, 0.05) is 18.2 Å². The van der Waals surface area contributed by atoms with Gasteiger partial charge >= 0.3 is 0 Å². The van der Waals surface area contributed by atoms with Gasteiger partial charge in [0.15, 0.2) is 6.61 Å². The van der Waals surface area contributed by atoms with E-state index in [1.165, 1.54) is 0 Å². The van der Waals surface area contributed by atoms with Gasteiger partial charge in [0.05, 0.1) is 0 Å². The Bertz CT molecular complexity index is 444. The van der Waals surface area contributed by atoms with Crippen LogP contribution in [0.15, 0.2) is 18.2 Å². The van der Waals surface area contributed by atoms with Gasteiger partial charge in [-0.15, -0.1) is 0 Å². The lowest BCUT2D eigenvalue weighted by Crippen LogP contribution is -2.39. The van der Waals surface area contributed by atoms with Crippen molar-refractivity contribution in [2.45, 2.75) is 40.3 Å². The summed E-state index contributed by atoms with van der Waals surface area (Å²) < 4.78 is 5.71. The van der Waals surface area contributed by atoms with E-state index in [1.54, 1.807) is 0 Å². The number of ether oxygens (including phenoxy) is 1. The molecule has 0 aromatic heterocycles. The number of aryl methyl sites for hydroxylation is 1. The van der Waals surface area contributed by atoms with Crippen molar-refractivity contribution in [2.75, 3.05) is 13.7 Å². The maximum absolute atomic E-state index is 11.9. The average Bonchev–Trinajstić information content (AvgIpc) is 2.38. The molecule has 0 radical (unpaired) electrons. The molecule has 0 heterocycles. The summed E-state index contributed by atoms with van der Waals surface area (Å²) in [4.78, 5) is 11.9. The van der Waals surface area contributed by atoms with E-state index >= 15 is 0 Å². The van der Waals surface area contributed by atoms with Crippen molar-refractivity contribution in [1.29, 1.82) is 0 Å². The van der Waals surface area contributed by atoms with Crippen molar-refractivity contribution in [2.24, 2.45) is 5.92 Å². The molecule has 1 amide bonds. The summed E-state index contributed by atoms with van der Waals surface area (Å²) in [7, 11) is 1.89. The Morgan fingerprint density at radius 3 is 2.60 bits per heavy atom. The number of carbonyl (C=O) groups excluding carboxylic acids is 1. The minimum atomic E-state index is -0.0788. The lowest BCUT2D eigenvalue weighted by atomic mass is 10.1. The van der Waals surface area contributed by atoms with Gasteiger partial charge in [0.2, 0.25) is 0 Å². The minimum Gasteiger partial charge on any atom is -0.483 e. The Morgan fingerprint density at radius 2 is 2.00 bits per heavy atom. The molecule has 0 aliphatic heterocycles. The Balaban J connectivity index is 2.63. The van der Waals surface area contributed by atoms with Gasteiger partial charge in [0.25, 0.3) is 5.91 Å².